The summed E-state index contributed by atoms with van der Waals surface area (Å²) in [6.45, 7) is -0.0975. The Morgan fingerprint density at radius 1 is 1.37 bits per heavy atom. The molecule has 1 aromatic rings. The molecule has 0 spiro atoms. The van der Waals surface area contributed by atoms with Crippen molar-refractivity contribution in [1.82, 2.24) is 0 Å². The van der Waals surface area contributed by atoms with Gasteiger partial charge in [0.1, 0.15) is 12.0 Å². The van der Waals surface area contributed by atoms with Crippen LogP contribution in [0.1, 0.15) is 24.0 Å². The van der Waals surface area contributed by atoms with Gasteiger partial charge < -0.3 is 9.47 Å². The lowest BCUT2D eigenvalue weighted by atomic mass is 9.87. The minimum Gasteiger partial charge on any atom is -0.482 e. The fraction of sp³-hybridized carbons (Fsp3) is 0.333. The highest BCUT2D eigenvalue weighted by molar-refractivity contribution is 5.84. The van der Waals surface area contributed by atoms with Crippen molar-refractivity contribution < 1.29 is 19.1 Å². The minimum absolute atomic E-state index is 0.0975. The minimum atomic E-state index is -0.405. The van der Waals surface area contributed by atoms with E-state index in [1.807, 2.05) is 18.2 Å². The number of benzene rings is 1. The van der Waals surface area contributed by atoms with E-state index in [0.29, 0.717) is 5.75 Å². The number of hydrogen-bond acceptors (Lipinski definition) is 4. The predicted molar refractivity (Wildman–Crippen MR) is 70.9 cm³/mol. The summed E-state index contributed by atoms with van der Waals surface area (Å²) in [6, 6.07) is 5.69. The zero-order valence-electron chi connectivity index (χ0n) is 10.8. The largest absolute Gasteiger partial charge is 0.482 e. The van der Waals surface area contributed by atoms with Crippen LogP contribution in [-0.4, -0.2) is 26.0 Å². The summed E-state index contributed by atoms with van der Waals surface area (Å²) in [5.74, 6) is 0.288. The lowest BCUT2D eigenvalue weighted by Gasteiger charge is -2.21. The molecule has 0 bridgehead atoms. The smallest absolute Gasteiger partial charge is 0.343 e. The van der Waals surface area contributed by atoms with Crippen LogP contribution in [-0.2, 0) is 20.7 Å². The van der Waals surface area contributed by atoms with Crippen LogP contribution >= 0.6 is 0 Å². The molecule has 4 heteroatoms. The molecular formula is C15H16O4. The maximum atomic E-state index is 11.1. The van der Waals surface area contributed by atoms with E-state index in [0.717, 1.165) is 42.2 Å². The Balaban J connectivity index is 2.27. The van der Waals surface area contributed by atoms with Crippen molar-refractivity contribution in [1.29, 1.82) is 0 Å². The fourth-order valence-electron chi connectivity index (χ4n) is 2.30. The number of rotatable bonds is 4. The number of ether oxygens (including phenoxy) is 2. The standard InChI is InChI=1S/C15H16O4/c1-18-15(17)10-19-14-7-3-5-12-11(8-9-16)4-2-6-13(12)14/h3,5,7-9H,2,4,6,10H2,1H3/b11-8-. The van der Waals surface area contributed by atoms with Gasteiger partial charge in [-0.15, -0.1) is 0 Å². The van der Waals surface area contributed by atoms with E-state index in [-0.39, 0.29) is 6.61 Å². The zero-order chi connectivity index (χ0) is 13.7. The Morgan fingerprint density at radius 3 is 2.95 bits per heavy atom. The third kappa shape index (κ3) is 3.02. The van der Waals surface area contributed by atoms with Crippen molar-refractivity contribution in [2.45, 2.75) is 19.3 Å². The lowest BCUT2D eigenvalue weighted by molar-refractivity contribution is -0.142. The number of carbonyl (C=O) groups excluding carboxylic acids is 2. The highest BCUT2D eigenvalue weighted by atomic mass is 16.6. The van der Waals surface area contributed by atoms with Gasteiger partial charge in [-0.3, -0.25) is 4.79 Å². The van der Waals surface area contributed by atoms with Crippen LogP contribution in [0.3, 0.4) is 0 Å². The summed E-state index contributed by atoms with van der Waals surface area (Å²) >= 11 is 0. The monoisotopic (exact) mass is 260 g/mol. The molecule has 0 fully saturated rings. The topological polar surface area (TPSA) is 52.6 Å². The van der Waals surface area contributed by atoms with Gasteiger partial charge >= 0.3 is 5.97 Å². The number of carbonyl (C=O) groups is 2. The van der Waals surface area contributed by atoms with Gasteiger partial charge in [0.15, 0.2) is 6.61 Å². The Bertz CT molecular complexity index is 517. The van der Waals surface area contributed by atoms with E-state index < -0.39 is 5.97 Å². The molecule has 1 aliphatic rings. The van der Waals surface area contributed by atoms with Gasteiger partial charge in [0.25, 0.3) is 0 Å². The van der Waals surface area contributed by atoms with Crippen LogP contribution in [0.5, 0.6) is 5.75 Å². The lowest BCUT2D eigenvalue weighted by Crippen LogP contribution is -2.14. The molecule has 0 aliphatic heterocycles. The van der Waals surface area contributed by atoms with Crippen molar-refractivity contribution >= 4 is 17.8 Å². The second-order valence-electron chi connectivity index (χ2n) is 4.33. The molecule has 0 atom stereocenters. The van der Waals surface area contributed by atoms with Gasteiger partial charge in [-0.1, -0.05) is 12.1 Å². The highest BCUT2D eigenvalue weighted by Crippen LogP contribution is 2.35. The first-order valence-corrected chi connectivity index (χ1v) is 6.22. The molecule has 1 aromatic carbocycles. The molecule has 4 nitrogen and oxygen atoms in total. The Labute approximate surface area is 112 Å². The highest BCUT2D eigenvalue weighted by Gasteiger charge is 2.18. The second kappa shape index (κ2) is 6.18. The van der Waals surface area contributed by atoms with Crippen molar-refractivity contribution in [3.8, 4) is 5.75 Å². The molecule has 0 saturated heterocycles. The summed E-state index contributed by atoms with van der Waals surface area (Å²) in [5.41, 5.74) is 3.13. The molecule has 0 heterocycles. The third-order valence-electron chi connectivity index (χ3n) is 3.19. The van der Waals surface area contributed by atoms with E-state index in [1.165, 1.54) is 7.11 Å². The van der Waals surface area contributed by atoms with Crippen LogP contribution in [0.25, 0.3) is 5.57 Å². The molecule has 0 saturated carbocycles. The van der Waals surface area contributed by atoms with Gasteiger partial charge in [-0.25, -0.2) is 4.79 Å². The molecule has 0 unspecified atom stereocenters. The number of fused-ring (bicyclic) bond motifs is 1. The summed E-state index contributed by atoms with van der Waals surface area (Å²) in [5, 5.41) is 0. The van der Waals surface area contributed by atoms with Gasteiger partial charge in [0.05, 0.1) is 7.11 Å². The van der Waals surface area contributed by atoms with E-state index in [4.69, 9.17) is 4.74 Å². The Morgan fingerprint density at radius 2 is 2.21 bits per heavy atom. The van der Waals surface area contributed by atoms with Crippen molar-refractivity contribution in [3.63, 3.8) is 0 Å². The molecule has 0 N–H and O–H groups in total. The summed E-state index contributed by atoms with van der Waals surface area (Å²) in [7, 11) is 1.33. The average molecular weight is 260 g/mol. The maximum absolute atomic E-state index is 11.1. The predicted octanol–water partition coefficient (Wildman–Crippen LogP) is 2.16. The van der Waals surface area contributed by atoms with Crippen molar-refractivity contribution in [3.05, 3.63) is 35.4 Å². The van der Waals surface area contributed by atoms with E-state index in [2.05, 4.69) is 4.74 Å². The summed E-state index contributed by atoms with van der Waals surface area (Å²) in [4.78, 5) is 21.8. The first-order valence-electron chi connectivity index (χ1n) is 6.22. The number of methoxy groups -OCH3 is 1. The molecule has 100 valence electrons. The van der Waals surface area contributed by atoms with Gasteiger partial charge in [-0.2, -0.15) is 0 Å². The van der Waals surface area contributed by atoms with E-state index >= 15 is 0 Å². The summed E-state index contributed by atoms with van der Waals surface area (Å²) < 4.78 is 10.0. The third-order valence-corrected chi connectivity index (χ3v) is 3.19. The van der Waals surface area contributed by atoms with E-state index in [1.54, 1.807) is 6.08 Å². The molecular weight excluding hydrogens is 244 g/mol. The Kier molecular flexibility index (Phi) is 4.34. The number of aldehydes is 1. The molecule has 0 amide bonds. The number of allylic oxidation sites excluding steroid dienone is 2. The Hall–Kier alpha value is -2.10. The molecule has 2 rings (SSSR count). The number of hydrogen-bond donors (Lipinski definition) is 0. The maximum Gasteiger partial charge on any atom is 0.343 e. The van der Waals surface area contributed by atoms with Gasteiger partial charge in [0, 0.05) is 5.56 Å². The second-order valence-corrected chi connectivity index (χ2v) is 4.33. The van der Waals surface area contributed by atoms with Crippen LogP contribution in [0.15, 0.2) is 24.3 Å². The van der Waals surface area contributed by atoms with Crippen LogP contribution in [0.2, 0.25) is 0 Å². The van der Waals surface area contributed by atoms with Crippen LogP contribution in [0, 0.1) is 0 Å². The van der Waals surface area contributed by atoms with Gasteiger partial charge in [-0.05, 0) is 42.5 Å². The quantitative estimate of drug-likeness (QED) is 0.473. The molecule has 0 aromatic heterocycles. The normalized spacial score (nSPS) is 15.7. The van der Waals surface area contributed by atoms with Crippen molar-refractivity contribution in [2.24, 2.45) is 0 Å². The summed E-state index contributed by atoms with van der Waals surface area (Å²) in [6.07, 6.45) is 5.18. The number of esters is 1. The average Bonchev–Trinajstić information content (AvgIpc) is 2.45. The molecule has 1 aliphatic carbocycles. The molecule has 0 radical (unpaired) electrons. The fourth-order valence-corrected chi connectivity index (χ4v) is 2.30. The first kappa shape index (κ1) is 13.3. The first-order chi connectivity index (χ1) is 9.26. The SMILES string of the molecule is COC(=O)COc1cccc2c1CCC/C2=C/C=O. The van der Waals surface area contributed by atoms with Crippen LogP contribution in [0.4, 0.5) is 0 Å². The van der Waals surface area contributed by atoms with Crippen molar-refractivity contribution in [2.75, 3.05) is 13.7 Å². The molecule has 19 heavy (non-hydrogen) atoms. The van der Waals surface area contributed by atoms with Gasteiger partial charge in [0.2, 0.25) is 0 Å². The zero-order valence-corrected chi connectivity index (χ0v) is 10.8. The van der Waals surface area contributed by atoms with E-state index in [9.17, 15) is 9.59 Å². The van der Waals surface area contributed by atoms with Crippen LogP contribution < -0.4 is 4.74 Å².